The van der Waals surface area contributed by atoms with Crippen LogP contribution in [0.1, 0.15) is 0 Å². The van der Waals surface area contributed by atoms with Gasteiger partial charge in [-0.15, -0.1) is 0 Å². The molecule has 2 aliphatic heterocycles. The predicted octanol–water partition coefficient (Wildman–Crippen LogP) is -0.0352. The zero-order valence-corrected chi connectivity index (χ0v) is 4.05. The van der Waals surface area contributed by atoms with Gasteiger partial charge < -0.3 is 4.74 Å². The summed E-state index contributed by atoms with van der Waals surface area (Å²) < 4.78 is 4.50. The average molecular weight is 104 g/mol. The quantitative estimate of drug-likeness (QED) is 0.319. The summed E-state index contributed by atoms with van der Waals surface area (Å²) in [5.74, 6) is 0. The van der Waals surface area contributed by atoms with Gasteiger partial charge in [0.2, 0.25) is 0 Å². The maximum absolute atomic E-state index is 4.50. The molecule has 0 radical (unpaired) electrons. The molecule has 0 aromatic rings. The van der Waals surface area contributed by atoms with Crippen molar-refractivity contribution in [2.45, 2.75) is 0 Å². The molecule has 0 aromatic heterocycles. The molecule has 2 heterocycles. The van der Waals surface area contributed by atoms with Gasteiger partial charge in [0.25, 0.3) is 0 Å². The van der Waals surface area contributed by atoms with Crippen LogP contribution >= 0.6 is 0 Å². The Labute approximate surface area is 42.1 Å². The highest BCUT2D eigenvalue weighted by molar-refractivity contribution is 4.36. The van der Waals surface area contributed by atoms with Gasteiger partial charge in [-0.3, -0.25) is 0 Å². The topological polar surface area (TPSA) is 31.0 Å². The lowest BCUT2D eigenvalue weighted by atomic mass is 10.8. The van der Waals surface area contributed by atoms with E-state index in [4.69, 9.17) is 0 Å². The third kappa shape index (κ3) is 3.72. The van der Waals surface area contributed by atoms with Gasteiger partial charge in [-0.2, -0.15) is 0 Å². The largest absolute Gasteiger partial charge is 0.377 e. The van der Waals surface area contributed by atoms with Crippen LogP contribution in [0.5, 0.6) is 0 Å². The first-order valence-electron chi connectivity index (χ1n) is 2.32. The highest BCUT2D eigenvalue weighted by Crippen LogP contribution is 1.87. The third-order valence-corrected chi connectivity index (χ3v) is 0.537. The standard InChI is InChI=1S/C2H4O2.C2H4O/c1-2-4-3-1;1-2-3-1/h1-2H2;1-2H2. The second kappa shape index (κ2) is 2.96. The number of ether oxygens (including phenoxy) is 1. The molecule has 0 bridgehead atoms. The molecule has 3 nitrogen and oxygen atoms in total. The summed E-state index contributed by atoms with van der Waals surface area (Å²) in [6.07, 6.45) is 0. The monoisotopic (exact) mass is 104 g/mol. The van der Waals surface area contributed by atoms with E-state index < -0.39 is 0 Å². The van der Waals surface area contributed by atoms with E-state index >= 15 is 0 Å². The van der Waals surface area contributed by atoms with Gasteiger partial charge in [-0.25, -0.2) is 9.78 Å². The van der Waals surface area contributed by atoms with Gasteiger partial charge in [0.1, 0.15) is 13.2 Å². The van der Waals surface area contributed by atoms with Crippen LogP contribution in [-0.2, 0) is 14.5 Å². The molecule has 3 heteroatoms. The number of hydrogen-bond donors (Lipinski definition) is 0. The first-order chi connectivity index (χ1) is 3.50. The van der Waals surface area contributed by atoms with Gasteiger partial charge in [0, 0.05) is 0 Å². The molecule has 2 fully saturated rings. The van der Waals surface area contributed by atoms with Crippen LogP contribution < -0.4 is 0 Å². The molecule has 2 rings (SSSR count). The molecule has 0 unspecified atom stereocenters. The summed E-state index contributed by atoms with van der Waals surface area (Å²) in [7, 11) is 0. The lowest BCUT2D eigenvalue weighted by Gasteiger charge is -2.08. The van der Waals surface area contributed by atoms with E-state index in [9.17, 15) is 0 Å². The lowest BCUT2D eigenvalue weighted by molar-refractivity contribution is -0.382. The minimum Gasteiger partial charge on any atom is -0.377 e. The van der Waals surface area contributed by atoms with Crippen molar-refractivity contribution in [3.63, 3.8) is 0 Å². The van der Waals surface area contributed by atoms with Crippen molar-refractivity contribution in [1.29, 1.82) is 0 Å². The van der Waals surface area contributed by atoms with Crippen LogP contribution in [0.2, 0.25) is 0 Å². The average Bonchev–Trinajstić information content (AvgIpc) is 1.95. The molecular weight excluding hydrogens is 96.0 g/mol. The fourth-order valence-electron chi connectivity index (χ4n) is 0.0833. The Balaban J connectivity index is 0.0000000729. The molecule has 7 heavy (non-hydrogen) atoms. The zero-order valence-electron chi connectivity index (χ0n) is 4.05. The molecule has 2 saturated heterocycles. The molecule has 0 aromatic carbocycles. The van der Waals surface area contributed by atoms with Crippen LogP contribution in [0.3, 0.4) is 0 Å². The van der Waals surface area contributed by atoms with Gasteiger partial charge >= 0.3 is 0 Å². The molecule has 0 aliphatic carbocycles. The van der Waals surface area contributed by atoms with E-state index in [1.54, 1.807) is 0 Å². The fraction of sp³-hybridized carbons (Fsp3) is 1.00. The number of epoxide rings is 1. The van der Waals surface area contributed by atoms with Gasteiger partial charge in [-0.1, -0.05) is 0 Å². The van der Waals surface area contributed by atoms with E-state index in [0.717, 1.165) is 26.4 Å². The molecular formula is C4H8O3. The van der Waals surface area contributed by atoms with Crippen molar-refractivity contribution in [2.24, 2.45) is 0 Å². The normalized spacial score (nSPS) is 24.0. The fourth-order valence-corrected chi connectivity index (χ4v) is 0.0833. The summed E-state index contributed by atoms with van der Waals surface area (Å²) in [5.41, 5.74) is 0. The Morgan fingerprint density at radius 1 is 0.714 bits per heavy atom. The molecule has 0 N–H and O–H groups in total. The minimum absolute atomic E-state index is 0.778. The first kappa shape index (κ1) is 5.03. The number of hydrogen-bond acceptors (Lipinski definition) is 3. The first-order valence-corrected chi connectivity index (χ1v) is 2.32. The third-order valence-electron chi connectivity index (χ3n) is 0.537. The van der Waals surface area contributed by atoms with Crippen LogP contribution in [0.4, 0.5) is 0 Å². The van der Waals surface area contributed by atoms with E-state index in [1.807, 2.05) is 0 Å². The summed E-state index contributed by atoms with van der Waals surface area (Å²) >= 11 is 0. The summed E-state index contributed by atoms with van der Waals surface area (Å²) in [4.78, 5) is 8.44. The Hall–Kier alpha value is -0.120. The Bertz CT molecular complexity index is 33.4. The zero-order chi connectivity index (χ0) is 4.95. The predicted molar refractivity (Wildman–Crippen MR) is 22.7 cm³/mol. The van der Waals surface area contributed by atoms with Crippen molar-refractivity contribution in [3.8, 4) is 0 Å². The Morgan fingerprint density at radius 2 is 1.00 bits per heavy atom. The van der Waals surface area contributed by atoms with Gasteiger partial charge in [-0.05, 0) is 0 Å². The smallest absolute Gasteiger partial charge is 0.109 e. The molecule has 2 aliphatic rings. The van der Waals surface area contributed by atoms with Crippen LogP contribution in [-0.4, -0.2) is 26.4 Å². The molecule has 0 saturated carbocycles. The van der Waals surface area contributed by atoms with Gasteiger partial charge in [0.15, 0.2) is 0 Å². The molecule has 0 spiro atoms. The van der Waals surface area contributed by atoms with Crippen molar-refractivity contribution in [2.75, 3.05) is 26.4 Å². The van der Waals surface area contributed by atoms with E-state index in [1.165, 1.54) is 0 Å². The van der Waals surface area contributed by atoms with E-state index in [-0.39, 0.29) is 0 Å². The molecule has 0 amide bonds. The Kier molecular flexibility index (Phi) is 2.12. The van der Waals surface area contributed by atoms with Crippen LogP contribution in [0.25, 0.3) is 0 Å². The SMILES string of the molecule is C1CO1.C1COO1. The Morgan fingerprint density at radius 3 is 1.00 bits per heavy atom. The van der Waals surface area contributed by atoms with E-state index in [0.29, 0.717) is 0 Å². The number of rotatable bonds is 0. The van der Waals surface area contributed by atoms with Crippen molar-refractivity contribution in [3.05, 3.63) is 0 Å². The van der Waals surface area contributed by atoms with Crippen LogP contribution in [0.15, 0.2) is 0 Å². The maximum atomic E-state index is 4.50. The second-order valence-electron chi connectivity index (χ2n) is 1.26. The van der Waals surface area contributed by atoms with Crippen LogP contribution in [0, 0.1) is 0 Å². The highest BCUT2D eigenvalue weighted by Gasteiger charge is 1.95. The summed E-state index contributed by atoms with van der Waals surface area (Å²) in [5, 5.41) is 0. The summed E-state index contributed by atoms with van der Waals surface area (Å²) in [6.45, 7) is 3.56. The molecule has 42 valence electrons. The van der Waals surface area contributed by atoms with E-state index in [2.05, 4.69) is 14.5 Å². The molecule has 0 atom stereocenters. The maximum Gasteiger partial charge on any atom is 0.109 e. The lowest BCUT2D eigenvalue weighted by Crippen LogP contribution is -2.14. The summed E-state index contributed by atoms with van der Waals surface area (Å²) in [6, 6.07) is 0. The minimum atomic E-state index is 0.778. The van der Waals surface area contributed by atoms with Crippen molar-refractivity contribution >= 4 is 0 Å². The second-order valence-corrected chi connectivity index (χ2v) is 1.26. The highest BCUT2D eigenvalue weighted by atomic mass is 17.2. The van der Waals surface area contributed by atoms with Crippen molar-refractivity contribution in [1.82, 2.24) is 0 Å². The van der Waals surface area contributed by atoms with Crippen molar-refractivity contribution < 1.29 is 14.5 Å². The van der Waals surface area contributed by atoms with Gasteiger partial charge in [0.05, 0.1) is 13.2 Å².